The molecule has 0 bridgehead atoms. The summed E-state index contributed by atoms with van der Waals surface area (Å²) >= 11 is 0. The summed E-state index contributed by atoms with van der Waals surface area (Å²) in [6.07, 6.45) is 5.44. The third kappa shape index (κ3) is 3.68. The van der Waals surface area contributed by atoms with Crippen LogP contribution in [0.15, 0.2) is 0 Å². The fourth-order valence-electron chi connectivity index (χ4n) is 2.72. The lowest BCUT2D eigenvalue weighted by Crippen LogP contribution is -2.47. The summed E-state index contributed by atoms with van der Waals surface area (Å²) in [6.45, 7) is 7.92. The van der Waals surface area contributed by atoms with Crippen molar-refractivity contribution in [1.29, 1.82) is 5.26 Å². The Bertz CT molecular complexity index is 299. The first-order valence-corrected chi connectivity index (χ1v) is 7.33. The highest BCUT2D eigenvalue weighted by Crippen LogP contribution is 2.27. The van der Waals surface area contributed by atoms with Crippen LogP contribution >= 0.6 is 0 Å². The first-order valence-electron chi connectivity index (χ1n) is 7.33. The number of piperazine rings is 1. The second kappa shape index (κ2) is 6.01. The molecule has 0 amide bonds. The highest BCUT2D eigenvalue weighted by atomic mass is 15.3. The molecule has 0 aromatic carbocycles. The van der Waals surface area contributed by atoms with E-state index in [1.54, 1.807) is 0 Å². The molecule has 1 unspecified atom stereocenters. The molecule has 4 heteroatoms. The minimum absolute atomic E-state index is 0.601. The van der Waals surface area contributed by atoms with E-state index in [9.17, 15) is 0 Å². The van der Waals surface area contributed by atoms with Gasteiger partial charge in [-0.05, 0) is 38.6 Å². The van der Waals surface area contributed by atoms with Gasteiger partial charge in [0, 0.05) is 32.2 Å². The Kier molecular flexibility index (Phi) is 4.60. The van der Waals surface area contributed by atoms with Gasteiger partial charge < -0.3 is 10.6 Å². The smallest absolute Gasteiger partial charge is 0.104 e. The molecular weight excluding hydrogens is 224 g/mol. The van der Waals surface area contributed by atoms with Gasteiger partial charge in [0.2, 0.25) is 0 Å². The summed E-state index contributed by atoms with van der Waals surface area (Å²) < 4.78 is 0. The van der Waals surface area contributed by atoms with Crippen molar-refractivity contribution in [2.24, 2.45) is 5.73 Å². The molecule has 0 aromatic rings. The van der Waals surface area contributed by atoms with Crippen molar-refractivity contribution in [3.63, 3.8) is 0 Å². The fourth-order valence-corrected chi connectivity index (χ4v) is 2.72. The van der Waals surface area contributed by atoms with Gasteiger partial charge in [-0.15, -0.1) is 0 Å². The van der Waals surface area contributed by atoms with Crippen LogP contribution in [0, 0.1) is 11.3 Å². The summed E-state index contributed by atoms with van der Waals surface area (Å²) in [7, 11) is 0. The van der Waals surface area contributed by atoms with Gasteiger partial charge >= 0.3 is 0 Å². The monoisotopic (exact) mass is 250 g/mol. The molecule has 18 heavy (non-hydrogen) atoms. The minimum Gasteiger partial charge on any atom is -0.313 e. The predicted molar refractivity (Wildman–Crippen MR) is 73.1 cm³/mol. The fraction of sp³-hybridized carbons (Fsp3) is 0.929. The van der Waals surface area contributed by atoms with Crippen molar-refractivity contribution in [2.45, 2.75) is 50.6 Å². The van der Waals surface area contributed by atoms with E-state index >= 15 is 0 Å². The molecule has 1 aliphatic carbocycles. The molecule has 0 spiro atoms. The Labute approximate surface area is 111 Å². The Morgan fingerprint density at radius 1 is 1.28 bits per heavy atom. The molecule has 1 saturated heterocycles. The van der Waals surface area contributed by atoms with Gasteiger partial charge in [0.25, 0.3) is 0 Å². The normalized spacial score (nSPS) is 25.6. The van der Waals surface area contributed by atoms with Crippen molar-refractivity contribution in [3.8, 4) is 6.07 Å². The van der Waals surface area contributed by atoms with Crippen molar-refractivity contribution < 1.29 is 0 Å². The van der Waals surface area contributed by atoms with Crippen LogP contribution in [0.1, 0.15) is 39.0 Å². The van der Waals surface area contributed by atoms with Crippen LogP contribution in [0.2, 0.25) is 0 Å². The summed E-state index contributed by atoms with van der Waals surface area (Å²) in [6, 6.07) is 3.15. The minimum atomic E-state index is -0.601. The van der Waals surface area contributed by atoms with Crippen molar-refractivity contribution in [2.75, 3.05) is 32.7 Å². The second-order valence-corrected chi connectivity index (χ2v) is 5.83. The predicted octanol–water partition coefficient (Wildman–Crippen LogP) is 1.18. The Hall–Kier alpha value is -0.630. The van der Waals surface area contributed by atoms with Crippen LogP contribution < -0.4 is 5.73 Å². The zero-order chi connectivity index (χ0) is 13.0. The van der Waals surface area contributed by atoms with Crippen molar-refractivity contribution >= 4 is 0 Å². The van der Waals surface area contributed by atoms with E-state index in [0.717, 1.165) is 31.8 Å². The van der Waals surface area contributed by atoms with Gasteiger partial charge in [0.05, 0.1) is 6.07 Å². The van der Waals surface area contributed by atoms with E-state index in [4.69, 9.17) is 11.0 Å². The summed E-state index contributed by atoms with van der Waals surface area (Å²) in [5.41, 5.74) is 5.39. The van der Waals surface area contributed by atoms with E-state index < -0.39 is 5.54 Å². The maximum absolute atomic E-state index is 9.03. The number of nitrogens with two attached hydrogens (primary N) is 1. The number of nitrogens with zero attached hydrogens (tertiary/aromatic N) is 3. The van der Waals surface area contributed by atoms with Gasteiger partial charge in [0.15, 0.2) is 0 Å². The van der Waals surface area contributed by atoms with Crippen LogP contribution in [0.3, 0.4) is 0 Å². The molecule has 2 fully saturated rings. The highest BCUT2D eigenvalue weighted by molar-refractivity contribution is 5.03. The Morgan fingerprint density at radius 3 is 2.44 bits per heavy atom. The van der Waals surface area contributed by atoms with Gasteiger partial charge in [-0.1, -0.05) is 6.92 Å². The molecule has 2 N–H and O–H groups in total. The maximum atomic E-state index is 9.03. The maximum Gasteiger partial charge on any atom is 0.104 e. The Morgan fingerprint density at radius 2 is 1.94 bits per heavy atom. The third-order valence-corrected chi connectivity index (χ3v) is 4.42. The molecule has 1 saturated carbocycles. The zero-order valence-corrected chi connectivity index (χ0v) is 11.6. The van der Waals surface area contributed by atoms with E-state index in [-0.39, 0.29) is 0 Å². The molecular formula is C14H26N4. The van der Waals surface area contributed by atoms with E-state index in [2.05, 4.69) is 15.9 Å². The largest absolute Gasteiger partial charge is 0.313 e. The lowest BCUT2D eigenvalue weighted by Gasteiger charge is -2.35. The molecule has 1 aliphatic heterocycles. The highest BCUT2D eigenvalue weighted by Gasteiger charge is 2.31. The van der Waals surface area contributed by atoms with Gasteiger partial charge in [0.1, 0.15) is 5.54 Å². The van der Waals surface area contributed by atoms with E-state index in [1.165, 1.54) is 39.0 Å². The number of hydrogen-bond acceptors (Lipinski definition) is 4. The van der Waals surface area contributed by atoms with Crippen molar-refractivity contribution in [3.05, 3.63) is 0 Å². The molecule has 2 aliphatic rings. The van der Waals surface area contributed by atoms with Gasteiger partial charge in [-0.2, -0.15) is 5.26 Å². The lowest BCUT2D eigenvalue weighted by molar-refractivity contribution is 0.124. The second-order valence-electron chi connectivity index (χ2n) is 5.83. The molecule has 102 valence electrons. The van der Waals surface area contributed by atoms with Crippen molar-refractivity contribution in [1.82, 2.24) is 9.80 Å². The summed E-state index contributed by atoms with van der Waals surface area (Å²) in [5.74, 6) is 0. The topological polar surface area (TPSA) is 56.3 Å². The SMILES string of the molecule is CCC(N)(C#N)CCCN1CCN(C2CC2)CC1. The summed E-state index contributed by atoms with van der Waals surface area (Å²) in [4.78, 5) is 5.15. The van der Waals surface area contributed by atoms with Crippen LogP contribution in [0.25, 0.3) is 0 Å². The summed E-state index contributed by atoms with van der Waals surface area (Å²) in [5, 5.41) is 9.03. The molecule has 1 atom stereocenters. The van der Waals surface area contributed by atoms with E-state index in [0.29, 0.717) is 0 Å². The first-order chi connectivity index (χ1) is 8.67. The molecule has 4 nitrogen and oxygen atoms in total. The number of nitriles is 1. The quantitative estimate of drug-likeness (QED) is 0.769. The lowest BCUT2D eigenvalue weighted by atomic mass is 9.93. The number of hydrogen-bond donors (Lipinski definition) is 1. The van der Waals surface area contributed by atoms with Crippen LogP contribution in [0.4, 0.5) is 0 Å². The molecule has 1 heterocycles. The van der Waals surface area contributed by atoms with Gasteiger partial charge in [-0.25, -0.2) is 0 Å². The average Bonchev–Trinajstić information content (AvgIpc) is 3.24. The van der Waals surface area contributed by atoms with Crippen LogP contribution in [-0.4, -0.2) is 54.1 Å². The zero-order valence-electron chi connectivity index (χ0n) is 11.6. The first kappa shape index (κ1) is 13.8. The van der Waals surface area contributed by atoms with E-state index in [1.807, 2.05) is 6.92 Å². The average molecular weight is 250 g/mol. The number of rotatable bonds is 6. The molecule has 2 rings (SSSR count). The standard InChI is InChI=1S/C14H26N4/c1-2-14(16,12-15)6-3-7-17-8-10-18(11-9-17)13-4-5-13/h13H,2-11,16H2,1H3. The molecule has 0 radical (unpaired) electrons. The molecule has 0 aromatic heterocycles. The van der Waals surface area contributed by atoms with Gasteiger partial charge in [-0.3, -0.25) is 4.90 Å². The Balaban J connectivity index is 1.61. The third-order valence-electron chi connectivity index (χ3n) is 4.42. The van der Waals surface area contributed by atoms with Crippen LogP contribution in [-0.2, 0) is 0 Å². The van der Waals surface area contributed by atoms with Crippen LogP contribution in [0.5, 0.6) is 0 Å².